The molecule has 0 spiro atoms. The van der Waals surface area contributed by atoms with E-state index in [9.17, 15) is 0 Å². The first-order valence-corrected chi connectivity index (χ1v) is 12.8. The second-order valence-electron chi connectivity index (χ2n) is 5.90. The van der Waals surface area contributed by atoms with Gasteiger partial charge in [0, 0.05) is 0 Å². The molecule has 0 atom stereocenters. The van der Waals surface area contributed by atoms with E-state index >= 15 is 0 Å². The van der Waals surface area contributed by atoms with Crippen molar-refractivity contribution in [2.24, 2.45) is 0 Å². The Kier molecular flexibility index (Phi) is 13.6. The van der Waals surface area contributed by atoms with Crippen LogP contribution >= 0.6 is 22.2 Å². The minimum absolute atomic E-state index is 1.05. The topological polar surface area (TPSA) is 6.48 Å². The lowest BCUT2D eigenvalue weighted by Gasteiger charge is -2.40. The van der Waals surface area contributed by atoms with Crippen molar-refractivity contribution in [1.29, 1.82) is 0 Å². The maximum absolute atomic E-state index is 6.97. The Bertz CT molecular complexity index is 202. The van der Waals surface area contributed by atoms with E-state index in [2.05, 4.69) is 36.8 Å². The average Bonchev–Trinajstić information content (AvgIpc) is 2.47. The highest BCUT2D eigenvalue weighted by Crippen LogP contribution is 2.27. The van der Waals surface area contributed by atoms with Gasteiger partial charge < -0.3 is 0 Å². The molecule has 0 bridgehead atoms. The average molecular weight is 355 g/mol. The number of unbranched alkanes of at least 4 members (excludes halogenated alkanes) is 4. The summed E-state index contributed by atoms with van der Waals surface area (Å²) in [5, 5.41) is 0. The smallest absolute Gasteiger partial charge is 0.288 e. The summed E-state index contributed by atoms with van der Waals surface area (Å²) >= 11 is 13.9. The van der Waals surface area contributed by atoms with Gasteiger partial charge in [-0.2, -0.15) is 0 Å². The molecule has 0 aromatic carbocycles. The molecular weight excluding hydrogens is 319 g/mol. The molecule has 0 rings (SSSR count). The quantitative estimate of drug-likeness (QED) is 0.291. The Morgan fingerprint density at radius 2 is 0.810 bits per heavy atom. The summed E-state index contributed by atoms with van der Waals surface area (Å²) in [5.74, 6) is 0. The molecule has 0 unspecified atom stereocenters. The van der Waals surface area contributed by atoms with Crippen LogP contribution in [0, 0.1) is 0 Å². The Hall–Kier alpha value is 0.717. The molecule has 0 aliphatic heterocycles. The van der Waals surface area contributed by atoms with Gasteiger partial charge in [-0.1, -0.05) is 53.4 Å². The van der Waals surface area contributed by atoms with Crippen LogP contribution in [-0.4, -0.2) is 42.3 Å². The molecule has 0 saturated heterocycles. The van der Waals surface area contributed by atoms with Gasteiger partial charge in [-0.3, -0.25) is 9.13 Å². The van der Waals surface area contributed by atoms with Crippen molar-refractivity contribution in [3.8, 4) is 0 Å². The second-order valence-corrected chi connectivity index (χ2v) is 11.9. The number of rotatable bonds is 14. The molecule has 0 aliphatic carbocycles. The number of nitrogens with zero attached hydrogens (tertiary/aromatic N) is 2. The molecule has 0 radical (unpaired) electrons. The molecule has 0 heterocycles. The van der Waals surface area contributed by atoms with Gasteiger partial charge in [-0.15, -0.1) is 22.2 Å². The third kappa shape index (κ3) is 8.80. The van der Waals surface area contributed by atoms with Crippen LogP contribution in [-0.2, 0) is 0 Å². The monoisotopic (exact) mass is 354 g/mol. The summed E-state index contributed by atoms with van der Waals surface area (Å²) in [4.78, 5) is 0. The summed E-state index contributed by atoms with van der Waals surface area (Å²) < 4.78 is 4.82. The molecule has 128 valence electrons. The number of hydrogen-bond acceptors (Lipinski definition) is 2. The lowest BCUT2D eigenvalue weighted by Crippen LogP contribution is -2.59. The molecule has 21 heavy (non-hydrogen) atoms. The van der Waals surface area contributed by atoms with Gasteiger partial charge >= 0.3 is 7.02 Å². The molecule has 0 aromatic heterocycles. The summed E-state index contributed by atoms with van der Waals surface area (Å²) in [5.41, 5.74) is 0. The van der Waals surface area contributed by atoms with Gasteiger partial charge in [0.05, 0.1) is 0 Å². The van der Waals surface area contributed by atoms with Crippen molar-refractivity contribution in [2.45, 2.75) is 79.1 Å². The van der Waals surface area contributed by atoms with Crippen LogP contribution in [0.3, 0.4) is 0 Å². The molecule has 0 saturated carbocycles. The van der Waals surface area contributed by atoms with Crippen LogP contribution in [0.25, 0.3) is 0 Å². The normalized spacial score (nSPS) is 12.6. The highest BCUT2D eigenvalue weighted by Gasteiger charge is 2.42. The molecule has 0 aliphatic rings. The van der Waals surface area contributed by atoms with Crippen LogP contribution in [0.5, 0.6) is 0 Å². The van der Waals surface area contributed by atoms with Gasteiger partial charge in [-0.25, -0.2) is 0 Å². The minimum atomic E-state index is -2.50. The summed E-state index contributed by atoms with van der Waals surface area (Å²) in [6.07, 6.45) is 9.55. The zero-order valence-electron chi connectivity index (χ0n) is 14.6. The summed E-state index contributed by atoms with van der Waals surface area (Å²) in [6, 6.07) is 0. The van der Waals surface area contributed by atoms with Crippen LogP contribution < -0.4 is 0 Å². The largest absolute Gasteiger partial charge is 0.408 e. The SMILES string of the molecule is CCCCN(CCCC)[Si](Cl)(Cl)N(CCCC)CCCC. The fraction of sp³-hybridized carbons (Fsp3) is 1.00. The first-order valence-electron chi connectivity index (χ1n) is 8.92. The van der Waals surface area contributed by atoms with E-state index in [1.54, 1.807) is 0 Å². The molecule has 0 aromatic rings. The maximum Gasteiger partial charge on any atom is 0.408 e. The van der Waals surface area contributed by atoms with Crippen molar-refractivity contribution in [2.75, 3.05) is 26.2 Å². The van der Waals surface area contributed by atoms with Crippen LogP contribution in [0.1, 0.15) is 79.1 Å². The van der Waals surface area contributed by atoms with E-state index in [1.165, 1.54) is 51.4 Å². The first kappa shape index (κ1) is 21.7. The van der Waals surface area contributed by atoms with Crippen molar-refractivity contribution in [1.82, 2.24) is 9.13 Å². The predicted octanol–water partition coefficient (Wildman–Crippen LogP) is 5.70. The highest BCUT2D eigenvalue weighted by molar-refractivity contribution is 7.42. The molecule has 0 amide bonds. The standard InChI is InChI=1S/C16H36Cl2N2Si/c1-5-9-13-19(14-10-6-2)21(17,18)20(15-11-7-3)16-12-8-4/h5-16H2,1-4H3. The van der Waals surface area contributed by atoms with Crippen molar-refractivity contribution >= 4 is 29.2 Å². The van der Waals surface area contributed by atoms with E-state index < -0.39 is 7.02 Å². The van der Waals surface area contributed by atoms with Gasteiger partial charge in [0.25, 0.3) is 0 Å². The van der Waals surface area contributed by atoms with E-state index in [-0.39, 0.29) is 0 Å². The predicted molar refractivity (Wildman–Crippen MR) is 100 cm³/mol. The molecule has 5 heteroatoms. The Labute approximate surface area is 143 Å². The molecule has 0 fully saturated rings. The lowest BCUT2D eigenvalue weighted by molar-refractivity contribution is 0.331. The summed E-state index contributed by atoms with van der Waals surface area (Å²) in [7, 11) is -2.50. The van der Waals surface area contributed by atoms with Crippen LogP contribution in [0.15, 0.2) is 0 Å². The van der Waals surface area contributed by atoms with Gasteiger partial charge in [0.2, 0.25) is 0 Å². The second kappa shape index (κ2) is 13.2. The van der Waals surface area contributed by atoms with Crippen molar-refractivity contribution in [3.05, 3.63) is 0 Å². The number of halogens is 2. The van der Waals surface area contributed by atoms with Crippen molar-refractivity contribution < 1.29 is 0 Å². The van der Waals surface area contributed by atoms with Gasteiger partial charge in [-0.05, 0) is 51.9 Å². The fourth-order valence-corrected chi connectivity index (χ4v) is 6.49. The lowest BCUT2D eigenvalue weighted by atomic mass is 10.3. The summed E-state index contributed by atoms with van der Waals surface area (Å²) in [6.45, 7) is 13.1. The first-order chi connectivity index (χ1) is 10.0. The Balaban J connectivity index is 4.84. The van der Waals surface area contributed by atoms with Crippen molar-refractivity contribution in [3.63, 3.8) is 0 Å². The highest BCUT2D eigenvalue weighted by atomic mass is 35.7. The fourth-order valence-electron chi connectivity index (χ4n) is 2.36. The molecule has 0 N–H and O–H groups in total. The van der Waals surface area contributed by atoms with Gasteiger partial charge in [0.15, 0.2) is 0 Å². The Morgan fingerprint density at radius 1 is 0.571 bits per heavy atom. The van der Waals surface area contributed by atoms with Crippen LogP contribution in [0.4, 0.5) is 0 Å². The third-order valence-corrected chi connectivity index (χ3v) is 9.17. The van der Waals surface area contributed by atoms with E-state index in [0.29, 0.717) is 0 Å². The van der Waals surface area contributed by atoms with Gasteiger partial charge in [0.1, 0.15) is 0 Å². The third-order valence-electron chi connectivity index (χ3n) is 3.89. The van der Waals surface area contributed by atoms with Crippen LogP contribution in [0.2, 0.25) is 0 Å². The zero-order valence-corrected chi connectivity index (χ0v) is 17.1. The maximum atomic E-state index is 6.97. The van der Waals surface area contributed by atoms with E-state index in [1.807, 2.05) is 0 Å². The zero-order chi connectivity index (χ0) is 16.1. The minimum Gasteiger partial charge on any atom is -0.288 e. The molecular formula is C16H36Cl2N2Si. The Morgan fingerprint density at radius 3 is 1.00 bits per heavy atom. The van der Waals surface area contributed by atoms with E-state index in [4.69, 9.17) is 22.2 Å². The molecule has 2 nitrogen and oxygen atoms in total. The number of hydrogen-bond donors (Lipinski definition) is 0. The van der Waals surface area contributed by atoms with E-state index in [0.717, 1.165) is 26.2 Å².